The van der Waals surface area contributed by atoms with Crippen molar-refractivity contribution in [2.75, 3.05) is 0 Å². The maximum absolute atomic E-state index is 12.8. The van der Waals surface area contributed by atoms with Crippen molar-refractivity contribution < 1.29 is 29.7 Å². The molecule has 3 atom stereocenters. The molecule has 0 aliphatic heterocycles. The number of halogens is 1. The molecular weight excluding hydrogens is 984 g/mol. The summed E-state index contributed by atoms with van der Waals surface area (Å²) in [4.78, 5) is 50.0. The number of phenolic OH excluding ortho intramolecular Hbond substituents is 3. The van der Waals surface area contributed by atoms with Gasteiger partial charge in [0.2, 0.25) is 5.91 Å². The molecule has 0 saturated carbocycles. The van der Waals surface area contributed by atoms with Crippen LogP contribution < -0.4 is 16.0 Å². The summed E-state index contributed by atoms with van der Waals surface area (Å²) >= 11 is 6.46. The van der Waals surface area contributed by atoms with E-state index in [-0.39, 0.29) is 35.0 Å². The standard InChI is InChI=1S/C23H17ClN2O2.C23H18N2O2.C18H16N2O2/c24-19-14-18(22(27)21-17(19)12-7-13-25-21)20(15-8-3-1-4-9-15)26-23(28)16-10-5-2-6-11-16;26-22-19(14-13-17-12-7-15-24-21(17)22)20(16-8-3-1-4-9-16)25-23(27)18-10-5-2-6-11-18;1-12(21)20-16(13-6-3-2-4-7-13)15-10-9-14-8-5-11-19-17(14)18(15)22/h1-14,20,27H,(H,26,28);1-15,20,26H,(H,25,27);2-11,16,22H,1H3,(H,20,21). The van der Waals surface area contributed by atoms with Crippen LogP contribution in [0.5, 0.6) is 17.2 Å². The summed E-state index contributed by atoms with van der Waals surface area (Å²) in [5.41, 5.74) is 6.90. The Morgan fingerprint density at radius 2 is 0.753 bits per heavy atom. The Bertz CT molecular complexity index is 3820. The second-order valence-electron chi connectivity index (χ2n) is 17.8. The third-order valence-electron chi connectivity index (χ3n) is 12.7. The maximum Gasteiger partial charge on any atom is 0.252 e. The number of rotatable bonds is 11. The highest BCUT2D eigenvalue weighted by molar-refractivity contribution is 6.35. The smallest absolute Gasteiger partial charge is 0.252 e. The number of fused-ring (bicyclic) bond motifs is 3. The molecule has 3 unspecified atom stereocenters. The van der Waals surface area contributed by atoms with Gasteiger partial charge in [-0.25, -0.2) is 0 Å². The largest absolute Gasteiger partial charge is 0.505 e. The fourth-order valence-corrected chi connectivity index (χ4v) is 9.22. The number of phenols is 3. The molecule has 0 saturated heterocycles. The van der Waals surface area contributed by atoms with Gasteiger partial charge in [0.25, 0.3) is 11.8 Å². The first-order chi connectivity index (χ1) is 37.5. The lowest BCUT2D eigenvalue weighted by Gasteiger charge is -2.22. The summed E-state index contributed by atoms with van der Waals surface area (Å²) in [6, 6.07) is 65.3. The lowest BCUT2D eigenvalue weighted by molar-refractivity contribution is -0.119. The van der Waals surface area contributed by atoms with Gasteiger partial charge in [-0.15, -0.1) is 0 Å². The van der Waals surface area contributed by atoms with Crippen LogP contribution >= 0.6 is 11.6 Å². The van der Waals surface area contributed by atoms with Gasteiger partial charge in [-0.05, 0) is 71.3 Å². The average Bonchev–Trinajstić information content (AvgIpc) is 3.50. The van der Waals surface area contributed by atoms with E-state index < -0.39 is 18.1 Å². The van der Waals surface area contributed by atoms with Gasteiger partial charge in [-0.1, -0.05) is 175 Å². The maximum atomic E-state index is 12.8. The molecule has 0 fully saturated rings. The highest BCUT2D eigenvalue weighted by Gasteiger charge is 2.25. The van der Waals surface area contributed by atoms with E-state index in [0.717, 1.165) is 27.5 Å². The number of hydrogen-bond acceptors (Lipinski definition) is 9. The summed E-state index contributed by atoms with van der Waals surface area (Å²) in [5, 5.41) is 44.1. The van der Waals surface area contributed by atoms with Gasteiger partial charge in [0, 0.05) is 69.5 Å². The molecule has 0 radical (unpaired) electrons. The monoisotopic (exact) mass is 1030 g/mol. The Labute approximate surface area is 449 Å². The fraction of sp³-hybridized carbons (Fsp3) is 0.0625. The number of amides is 3. The van der Waals surface area contributed by atoms with E-state index in [9.17, 15) is 29.7 Å². The molecule has 77 heavy (non-hydrogen) atoms. The first-order valence-electron chi connectivity index (χ1n) is 24.6. The van der Waals surface area contributed by atoms with Crippen molar-refractivity contribution in [1.29, 1.82) is 0 Å². The van der Waals surface area contributed by atoms with Crippen molar-refractivity contribution in [3.05, 3.63) is 287 Å². The minimum Gasteiger partial charge on any atom is -0.505 e. The molecule has 12 nitrogen and oxygen atoms in total. The quantitative estimate of drug-likeness (QED) is 0.0733. The van der Waals surface area contributed by atoms with E-state index in [2.05, 4.69) is 30.9 Å². The molecule has 11 rings (SSSR count). The minimum atomic E-state index is -0.585. The summed E-state index contributed by atoms with van der Waals surface area (Å²) in [6.07, 6.45) is 4.88. The van der Waals surface area contributed by atoms with E-state index in [4.69, 9.17) is 11.6 Å². The van der Waals surface area contributed by atoms with Crippen LogP contribution in [0.2, 0.25) is 5.02 Å². The SMILES string of the molecule is CC(=O)NC(c1ccccc1)c1ccc2cccnc2c1O.O=C(NC(c1ccccc1)c1cc(Cl)c2cccnc2c1O)c1ccccc1.O=C(NC(c1ccccc1)c1ccc2cccnc2c1O)c1ccccc1. The van der Waals surface area contributed by atoms with Crippen LogP contribution in [0.25, 0.3) is 32.7 Å². The van der Waals surface area contributed by atoms with Crippen LogP contribution in [-0.4, -0.2) is 48.0 Å². The molecule has 3 aromatic heterocycles. The molecule has 3 amide bonds. The molecular formula is C64H51ClN6O6. The third-order valence-corrected chi connectivity index (χ3v) is 13.0. The molecule has 0 spiro atoms. The lowest BCUT2D eigenvalue weighted by atomic mass is 9.96. The van der Waals surface area contributed by atoms with Crippen LogP contribution in [0.15, 0.2) is 237 Å². The summed E-state index contributed by atoms with van der Waals surface area (Å²) in [5.74, 6) is -0.427. The van der Waals surface area contributed by atoms with Gasteiger partial charge in [0.1, 0.15) is 33.8 Å². The molecule has 11 aromatic rings. The molecule has 13 heteroatoms. The number of nitrogens with one attached hydrogen (secondary N) is 3. The van der Waals surface area contributed by atoms with Gasteiger partial charge in [0.05, 0.1) is 23.1 Å². The Morgan fingerprint density at radius 3 is 1.17 bits per heavy atom. The van der Waals surface area contributed by atoms with E-state index in [1.807, 2.05) is 164 Å². The fourth-order valence-electron chi connectivity index (χ4n) is 8.95. The number of pyridine rings is 3. The highest BCUT2D eigenvalue weighted by Crippen LogP contribution is 2.39. The van der Waals surface area contributed by atoms with E-state index in [0.29, 0.717) is 54.8 Å². The Hall–Kier alpha value is -9.91. The topological polar surface area (TPSA) is 187 Å². The Balaban J connectivity index is 0.000000142. The van der Waals surface area contributed by atoms with E-state index in [1.54, 1.807) is 73.2 Å². The number of nitrogens with zero attached hydrogens (tertiary/aromatic N) is 3. The van der Waals surface area contributed by atoms with Crippen molar-refractivity contribution in [3.63, 3.8) is 0 Å². The van der Waals surface area contributed by atoms with Crippen LogP contribution in [0.4, 0.5) is 0 Å². The number of aromatic hydroxyl groups is 3. The van der Waals surface area contributed by atoms with Crippen molar-refractivity contribution in [2.45, 2.75) is 25.0 Å². The van der Waals surface area contributed by atoms with Crippen molar-refractivity contribution >= 4 is 62.0 Å². The first kappa shape index (κ1) is 52.0. The molecule has 0 aliphatic rings. The zero-order valence-electron chi connectivity index (χ0n) is 41.5. The van der Waals surface area contributed by atoms with Crippen molar-refractivity contribution in [3.8, 4) is 17.2 Å². The molecule has 3 heterocycles. The van der Waals surface area contributed by atoms with Gasteiger partial charge in [-0.2, -0.15) is 0 Å². The predicted molar refractivity (Wildman–Crippen MR) is 302 cm³/mol. The minimum absolute atomic E-state index is 0.00205. The summed E-state index contributed by atoms with van der Waals surface area (Å²) in [6.45, 7) is 1.46. The summed E-state index contributed by atoms with van der Waals surface area (Å²) in [7, 11) is 0. The van der Waals surface area contributed by atoms with Gasteiger partial charge >= 0.3 is 0 Å². The number of benzene rings is 8. The number of aromatic nitrogens is 3. The van der Waals surface area contributed by atoms with Crippen molar-refractivity contribution in [1.82, 2.24) is 30.9 Å². The second kappa shape index (κ2) is 24.4. The van der Waals surface area contributed by atoms with Crippen LogP contribution in [0.1, 0.15) is 79.1 Å². The predicted octanol–water partition coefficient (Wildman–Crippen LogP) is 12.7. The van der Waals surface area contributed by atoms with Crippen LogP contribution in [0, 0.1) is 0 Å². The van der Waals surface area contributed by atoms with E-state index >= 15 is 0 Å². The van der Waals surface area contributed by atoms with Crippen molar-refractivity contribution in [2.24, 2.45) is 0 Å². The van der Waals surface area contributed by atoms with Gasteiger partial charge < -0.3 is 31.3 Å². The molecule has 6 N–H and O–H groups in total. The van der Waals surface area contributed by atoms with E-state index in [1.165, 1.54) is 6.92 Å². The molecule has 380 valence electrons. The average molecular weight is 1040 g/mol. The highest BCUT2D eigenvalue weighted by atomic mass is 35.5. The first-order valence-corrected chi connectivity index (χ1v) is 25.0. The van der Waals surface area contributed by atoms with Gasteiger partial charge in [0.15, 0.2) is 0 Å². The lowest BCUT2D eigenvalue weighted by Crippen LogP contribution is -2.29. The molecule has 0 bridgehead atoms. The van der Waals surface area contributed by atoms with Crippen LogP contribution in [0.3, 0.4) is 0 Å². The third kappa shape index (κ3) is 12.2. The van der Waals surface area contributed by atoms with Gasteiger partial charge in [-0.3, -0.25) is 29.3 Å². The zero-order valence-corrected chi connectivity index (χ0v) is 42.3. The zero-order chi connectivity index (χ0) is 53.7. The molecule has 0 aliphatic carbocycles. The second-order valence-corrected chi connectivity index (χ2v) is 18.2. The number of carbonyl (C=O) groups excluding carboxylic acids is 3. The number of hydrogen-bond donors (Lipinski definition) is 6. The Kier molecular flexibility index (Phi) is 16.5. The number of carbonyl (C=O) groups is 3. The van der Waals surface area contributed by atoms with Crippen LogP contribution in [-0.2, 0) is 4.79 Å². The summed E-state index contributed by atoms with van der Waals surface area (Å²) < 4.78 is 0. The Morgan fingerprint density at radius 1 is 0.403 bits per heavy atom. The normalized spacial score (nSPS) is 11.9. The molecule has 8 aromatic carbocycles.